The molecule has 2 aromatic rings. The Bertz CT molecular complexity index is 610. The van der Waals surface area contributed by atoms with Crippen molar-refractivity contribution in [3.8, 4) is 5.75 Å². The summed E-state index contributed by atoms with van der Waals surface area (Å²) >= 11 is 0. The first-order valence-electron chi connectivity index (χ1n) is 6.88. The van der Waals surface area contributed by atoms with E-state index in [9.17, 15) is 4.79 Å². The minimum Gasteiger partial charge on any atom is -0.496 e. The highest BCUT2D eigenvalue weighted by Gasteiger charge is 2.12. The number of ether oxygens (including phenoxy) is 2. The van der Waals surface area contributed by atoms with Crippen molar-refractivity contribution in [3.05, 3.63) is 59.7 Å². The summed E-state index contributed by atoms with van der Waals surface area (Å²) in [5.41, 5.74) is 2.31. The summed E-state index contributed by atoms with van der Waals surface area (Å²) in [6.45, 7) is 2.73. The van der Waals surface area contributed by atoms with Crippen LogP contribution in [0.25, 0.3) is 0 Å². The van der Waals surface area contributed by atoms with E-state index in [0.29, 0.717) is 18.7 Å². The van der Waals surface area contributed by atoms with Crippen molar-refractivity contribution in [1.29, 1.82) is 0 Å². The number of hydrogen-bond donors (Lipinski definition) is 1. The van der Waals surface area contributed by atoms with Gasteiger partial charge in [0.1, 0.15) is 5.75 Å². The first-order valence-corrected chi connectivity index (χ1v) is 6.88. The van der Waals surface area contributed by atoms with Crippen LogP contribution in [0.3, 0.4) is 0 Å². The van der Waals surface area contributed by atoms with Gasteiger partial charge in [-0.1, -0.05) is 30.3 Å². The molecule has 0 heterocycles. The number of nitrogens with one attached hydrogen (secondary N) is 1. The largest absolute Gasteiger partial charge is 0.496 e. The molecular formula is C17H19NO3. The van der Waals surface area contributed by atoms with Gasteiger partial charge in [0.2, 0.25) is 0 Å². The Labute approximate surface area is 124 Å². The van der Waals surface area contributed by atoms with Gasteiger partial charge >= 0.3 is 5.97 Å². The Morgan fingerprint density at radius 1 is 1.10 bits per heavy atom. The monoisotopic (exact) mass is 285 g/mol. The maximum Gasteiger partial charge on any atom is 0.340 e. The van der Waals surface area contributed by atoms with Crippen molar-refractivity contribution in [2.24, 2.45) is 0 Å². The van der Waals surface area contributed by atoms with Crippen LogP contribution in [0.2, 0.25) is 0 Å². The highest BCUT2D eigenvalue weighted by molar-refractivity contribution is 5.95. The molecule has 0 saturated carbocycles. The molecule has 0 spiro atoms. The molecular weight excluding hydrogens is 266 g/mol. The summed E-state index contributed by atoms with van der Waals surface area (Å²) in [7, 11) is 1.64. The molecule has 110 valence electrons. The van der Waals surface area contributed by atoms with Crippen molar-refractivity contribution in [2.45, 2.75) is 13.5 Å². The summed E-state index contributed by atoms with van der Waals surface area (Å²) in [6.07, 6.45) is 0. The summed E-state index contributed by atoms with van der Waals surface area (Å²) in [5, 5.41) is 3.26. The number of carbonyl (C=O) groups is 1. The first-order chi connectivity index (χ1) is 10.3. The van der Waals surface area contributed by atoms with E-state index in [1.165, 1.54) is 0 Å². The van der Waals surface area contributed by atoms with Crippen molar-refractivity contribution >= 4 is 11.7 Å². The molecule has 0 aliphatic rings. The third kappa shape index (κ3) is 3.75. The predicted molar refractivity (Wildman–Crippen MR) is 82.7 cm³/mol. The molecule has 2 aromatic carbocycles. The lowest BCUT2D eigenvalue weighted by atomic mass is 10.1. The van der Waals surface area contributed by atoms with Gasteiger partial charge in [-0.15, -0.1) is 0 Å². The first kappa shape index (κ1) is 14.9. The Kier molecular flexibility index (Phi) is 5.21. The van der Waals surface area contributed by atoms with Gasteiger partial charge in [0, 0.05) is 17.8 Å². The molecule has 0 aliphatic carbocycles. The fourth-order valence-corrected chi connectivity index (χ4v) is 2.06. The molecule has 0 unspecified atom stereocenters. The summed E-state index contributed by atoms with van der Waals surface area (Å²) in [6, 6.07) is 15.1. The highest BCUT2D eigenvalue weighted by atomic mass is 16.5. The van der Waals surface area contributed by atoms with Gasteiger partial charge in [-0.2, -0.15) is 0 Å². The SMILES string of the molecule is CCOC(=O)c1ccccc1NCc1ccccc1OC. The molecule has 0 radical (unpaired) electrons. The third-order valence-electron chi connectivity index (χ3n) is 3.08. The van der Waals surface area contributed by atoms with Crippen LogP contribution in [0.4, 0.5) is 5.69 Å². The highest BCUT2D eigenvalue weighted by Crippen LogP contribution is 2.21. The van der Waals surface area contributed by atoms with Crippen LogP contribution >= 0.6 is 0 Å². The second kappa shape index (κ2) is 7.33. The minimum atomic E-state index is -0.319. The number of carbonyl (C=O) groups excluding carboxylic acids is 1. The van der Waals surface area contributed by atoms with E-state index in [1.807, 2.05) is 42.5 Å². The van der Waals surface area contributed by atoms with Gasteiger partial charge in [0.05, 0.1) is 19.3 Å². The lowest BCUT2D eigenvalue weighted by Gasteiger charge is -2.13. The maximum atomic E-state index is 11.9. The number of esters is 1. The number of methoxy groups -OCH3 is 1. The minimum absolute atomic E-state index is 0.319. The molecule has 0 atom stereocenters. The van der Waals surface area contributed by atoms with Crippen LogP contribution in [0.5, 0.6) is 5.75 Å². The summed E-state index contributed by atoms with van der Waals surface area (Å²) < 4.78 is 10.4. The van der Waals surface area contributed by atoms with Crippen LogP contribution in [0.1, 0.15) is 22.8 Å². The van der Waals surface area contributed by atoms with Crippen LogP contribution in [0.15, 0.2) is 48.5 Å². The normalized spacial score (nSPS) is 10.0. The van der Waals surface area contributed by atoms with Gasteiger partial charge in [0.25, 0.3) is 0 Å². The Morgan fingerprint density at radius 2 is 1.81 bits per heavy atom. The topological polar surface area (TPSA) is 47.6 Å². The van der Waals surface area contributed by atoms with Gasteiger partial charge in [-0.3, -0.25) is 0 Å². The lowest BCUT2D eigenvalue weighted by molar-refractivity contribution is 0.0527. The molecule has 2 rings (SSSR count). The molecule has 0 fully saturated rings. The number of para-hydroxylation sites is 2. The molecule has 4 nitrogen and oxygen atoms in total. The lowest BCUT2D eigenvalue weighted by Crippen LogP contribution is -2.10. The number of rotatable bonds is 6. The van der Waals surface area contributed by atoms with E-state index in [4.69, 9.17) is 9.47 Å². The van der Waals surface area contributed by atoms with Gasteiger partial charge in [0.15, 0.2) is 0 Å². The predicted octanol–water partition coefficient (Wildman–Crippen LogP) is 3.48. The molecule has 0 aliphatic heterocycles. The van der Waals surface area contributed by atoms with Gasteiger partial charge in [-0.05, 0) is 25.1 Å². The zero-order chi connectivity index (χ0) is 15.1. The van der Waals surface area contributed by atoms with E-state index < -0.39 is 0 Å². The molecule has 0 bridgehead atoms. The van der Waals surface area contributed by atoms with Crippen molar-refractivity contribution in [3.63, 3.8) is 0 Å². The zero-order valence-electron chi connectivity index (χ0n) is 12.3. The number of anilines is 1. The fraction of sp³-hybridized carbons (Fsp3) is 0.235. The van der Waals surface area contributed by atoms with E-state index in [2.05, 4.69) is 5.32 Å². The average Bonchev–Trinajstić information content (AvgIpc) is 2.53. The van der Waals surface area contributed by atoms with Crippen molar-refractivity contribution in [2.75, 3.05) is 19.0 Å². The van der Waals surface area contributed by atoms with Crippen molar-refractivity contribution < 1.29 is 14.3 Å². The maximum absolute atomic E-state index is 11.9. The van der Waals surface area contributed by atoms with E-state index >= 15 is 0 Å². The third-order valence-corrected chi connectivity index (χ3v) is 3.08. The number of hydrogen-bond acceptors (Lipinski definition) is 4. The molecule has 0 aromatic heterocycles. The molecule has 0 amide bonds. The van der Waals surface area contributed by atoms with E-state index in [-0.39, 0.29) is 5.97 Å². The van der Waals surface area contributed by atoms with Crippen LogP contribution in [0, 0.1) is 0 Å². The summed E-state index contributed by atoms with van der Waals surface area (Å²) in [5.74, 6) is 0.499. The zero-order valence-corrected chi connectivity index (χ0v) is 12.3. The van der Waals surface area contributed by atoms with Crippen LogP contribution in [-0.4, -0.2) is 19.7 Å². The standard InChI is InChI=1S/C17H19NO3/c1-3-21-17(19)14-9-5-6-10-15(14)18-12-13-8-4-7-11-16(13)20-2/h4-11,18H,3,12H2,1-2H3. The van der Waals surface area contributed by atoms with E-state index in [0.717, 1.165) is 17.0 Å². The number of benzene rings is 2. The second-order valence-corrected chi connectivity index (χ2v) is 4.43. The van der Waals surface area contributed by atoms with Gasteiger partial charge < -0.3 is 14.8 Å². The quantitative estimate of drug-likeness (QED) is 0.825. The Balaban J connectivity index is 2.15. The summed E-state index contributed by atoms with van der Waals surface area (Å²) in [4.78, 5) is 11.9. The molecule has 0 saturated heterocycles. The van der Waals surface area contributed by atoms with Gasteiger partial charge in [-0.25, -0.2) is 4.79 Å². The van der Waals surface area contributed by atoms with Crippen LogP contribution < -0.4 is 10.1 Å². The van der Waals surface area contributed by atoms with Crippen molar-refractivity contribution in [1.82, 2.24) is 0 Å². The second-order valence-electron chi connectivity index (χ2n) is 4.43. The smallest absolute Gasteiger partial charge is 0.340 e. The fourth-order valence-electron chi connectivity index (χ4n) is 2.06. The molecule has 4 heteroatoms. The Hall–Kier alpha value is -2.49. The van der Waals surface area contributed by atoms with Crippen LogP contribution in [-0.2, 0) is 11.3 Å². The van der Waals surface area contributed by atoms with E-state index in [1.54, 1.807) is 20.1 Å². The molecule has 21 heavy (non-hydrogen) atoms. The average molecular weight is 285 g/mol. The Morgan fingerprint density at radius 3 is 2.57 bits per heavy atom. The molecule has 1 N–H and O–H groups in total.